The minimum absolute atomic E-state index is 0.00856. The first-order valence-electron chi connectivity index (χ1n) is 5.69. The van der Waals surface area contributed by atoms with Crippen molar-refractivity contribution in [1.82, 2.24) is 5.32 Å². The van der Waals surface area contributed by atoms with Gasteiger partial charge in [-0.3, -0.25) is 4.79 Å². The van der Waals surface area contributed by atoms with Crippen molar-refractivity contribution in [3.8, 4) is 0 Å². The van der Waals surface area contributed by atoms with Gasteiger partial charge in [-0.1, -0.05) is 34.1 Å². The maximum atomic E-state index is 12.1. The van der Waals surface area contributed by atoms with Gasteiger partial charge in [0.15, 0.2) is 0 Å². The van der Waals surface area contributed by atoms with Crippen LogP contribution in [0.3, 0.4) is 0 Å². The van der Waals surface area contributed by atoms with Crippen molar-refractivity contribution in [3.63, 3.8) is 0 Å². The maximum absolute atomic E-state index is 12.1. The van der Waals surface area contributed by atoms with E-state index >= 15 is 0 Å². The highest BCUT2D eigenvalue weighted by Crippen LogP contribution is 2.24. The Hall–Kier alpha value is -1.13. The minimum atomic E-state index is -0.0189. The van der Waals surface area contributed by atoms with Gasteiger partial charge in [-0.25, -0.2) is 0 Å². The van der Waals surface area contributed by atoms with Crippen LogP contribution in [0.5, 0.6) is 0 Å². The van der Waals surface area contributed by atoms with E-state index in [2.05, 4.69) is 21.2 Å². The Morgan fingerprint density at radius 2 is 2.06 bits per heavy atom. The van der Waals surface area contributed by atoms with Crippen molar-refractivity contribution in [1.29, 1.82) is 0 Å². The van der Waals surface area contributed by atoms with Crippen LogP contribution in [0.2, 0.25) is 0 Å². The lowest BCUT2D eigenvalue weighted by Crippen LogP contribution is -2.26. The smallest absolute Gasteiger partial charge is 0.262 e. The van der Waals surface area contributed by atoms with E-state index in [1.165, 1.54) is 11.3 Å². The molecule has 1 heterocycles. The second-order valence-electron chi connectivity index (χ2n) is 4.15. The molecule has 0 radical (unpaired) electrons. The van der Waals surface area contributed by atoms with Crippen molar-refractivity contribution in [2.24, 2.45) is 0 Å². The second-order valence-corrected chi connectivity index (χ2v) is 5.92. The molecule has 2 aromatic rings. The van der Waals surface area contributed by atoms with Gasteiger partial charge in [0.1, 0.15) is 0 Å². The van der Waals surface area contributed by atoms with Crippen LogP contribution in [0.4, 0.5) is 0 Å². The first-order chi connectivity index (χ1) is 8.59. The van der Waals surface area contributed by atoms with Gasteiger partial charge in [-0.15, -0.1) is 11.3 Å². The van der Waals surface area contributed by atoms with E-state index in [0.29, 0.717) is 0 Å². The van der Waals surface area contributed by atoms with Crippen LogP contribution in [0, 0.1) is 6.92 Å². The summed E-state index contributed by atoms with van der Waals surface area (Å²) in [5.41, 5.74) is 2.11. The Balaban J connectivity index is 2.13. The number of benzene rings is 1. The van der Waals surface area contributed by atoms with Gasteiger partial charge in [-0.2, -0.15) is 0 Å². The third-order valence-electron chi connectivity index (χ3n) is 2.79. The number of amides is 1. The molecule has 0 aliphatic rings. The fraction of sp³-hybridized carbons (Fsp3) is 0.214. The Morgan fingerprint density at radius 3 is 2.67 bits per heavy atom. The molecule has 1 unspecified atom stereocenters. The number of halogens is 1. The molecule has 18 heavy (non-hydrogen) atoms. The molecule has 0 bridgehead atoms. The van der Waals surface area contributed by atoms with E-state index in [-0.39, 0.29) is 11.9 Å². The van der Waals surface area contributed by atoms with Gasteiger partial charge in [0.2, 0.25) is 0 Å². The molecule has 0 fully saturated rings. The quantitative estimate of drug-likeness (QED) is 0.895. The average molecular weight is 324 g/mol. The van der Waals surface area contributed by atoms with Crippen LogP contribution in [-0.2, 0) is 0 Å². The predicted octanol–water partition coefficient (Wildman–Crippen LogP) is 4.31. The molecule has 1 aromatic carbocycles. The highest BCUT2D eigenvalue weighted by Gasteiger charge is 2.15. The zero-order valence-corrected chi connectivity index (χ0v) is 12.6. The van der Waals surface area contributed by atoms with E-state index in [9.17, 15) is 4.79 Å². The standard InChI is InChI=1S/C14H14BrNOS/c1-9-7-8-18-13(9)14(17)16-10(2)11-5-3-4-6-12(11)15/h3-8,10H,1-2H3,(H,16,17). The molecule has 0 aliphatic heterocycles. The summed E-state index contributed by atoms with van der Waals surface area (Å²) in [6.07, 6.45) is 0. The Kier molecular flexibility index (Phi) is 4.19. The molecule has 0 saturated heterocycles. The monoisotopic (exact) mass is 323 g/mol. The summed E-state index contributed by atoms with van der Waals surface area (Å²) < 4.78 is 1.01. The Labute approximate surface area is 119 Å². The van der Waals surface area contributed by atoms with Crippen LogP contribution >= 0.6 is 27.3 Å². The lowest BCUT2D eigenvalue weighted by molar-refractivity contribution is 0.0943. The fourth-order valence-corrected chi connectivity index (χ4v) is 3.23. The first kappa shape index (κ1) is 13.3. The molecule has 1 aromatic heterocycles. The second kappa shape index (κ2) is 5.67. The Morgan fingerprint density at radius 1 is 1.33 bits per heavy atom. The fourth-order valence-electron chi connectivity index (χ4n) is 1.77. The topological polar surface area (TPSA) is 29.1 Å². The van der Waals surface area contributed by atoms with E-state index in [4.69, 9.17) is 0 Å². The third-order valence-corrected chi connectivity index (χ3v) is 4.53. The highest BCUT2D eigenvalue weighted by atomic mass is 79.9. The summed E-state index contributed by atoms with van der Waals surface area (Å²) in [7, 11) is 0. The molecular formula is C14H14BrNOS. The lowest BCUT2D eigenvalue weighted by atomic mass is 10.1. The number of hydrogen-bond acceptors (Lipinski definition) is 2. The number of nitrogens with one attached hydrogen (secondary N) is 1. The van der Waals surface area contributed by atoms with E-state index in [1.54, 1.807) is 0 Å². The first-order valence-corrected chi connectivity index (χ1v) is 7.36. The van der Waals surface area contributed by atoms with E-state index in [0.717, 1.165) is 20.5 Å². The molecule has 2 rings (SSSR count). The van der Waals surface area contributed by atoms with Gasteiger partial charge < -0.3 is 5.32 Å². The normalized spacial score (nSPS) is 12.2. The minimum Gasteiger partial charge on any atom is -0.345 e. The molecule has 0 aliphatic carbocycles. The lowest BCUT2D eigenvalue weighted by Gasteiger charge is -2.15. The molecule has 94 valence electrons. The number of aryl methyl sites for hydroxylation is 1. The van der Waals surface area contributed by atoms with Crippen molar-refractivity contribution in [3.05, 3.63) is 56.2 Å². The molecule has 0 spiro atoms. The van der Waals surface area contributed by atoms with Crippen LogP contribution < -0.4 is 5.32 Å². The SMILES string of the molecule is Cc1ccsc1C(=O)NC(C)c1ccccc1Br. The predicted molar refractivity (Wildman–Crippen MR) is 79.1 cm³/mol. The molecule has 0 saturated carbocycles. The van der Waals surface area contributed by atoms with E-state index in [1.807, 2.05) is 49.6 Å². The number of thiophene rings is 1. The number of rotatable bonds is 3. The number of hydrogen-bond donors (Lipinski definition) is 1. The average Bonchev–Trinajstić information content (AvgIpc) is 2.76. The molecule has 2 nitrogen and oxygen atoms in total. The van der Waals surface area contributed by atoms with Crippen molar-refractivity contribution < 1.29 is 4.79 Å². The summed E-state index contributed by atoms with van der Waals surface area (Å²) in [6, 6.07) is 9.87. The van der Waals surface area contributed by atoms with E-state index < -0.39 is 0 Å². The van der Waals surface area contributed by atoms with Gasteiger partial charge in [-0.05, 0) is 42.5 Å². The molecule has 4 heteroatoms. The van der Waals surface area contributed by atoms with Crippen molar-refractivity contribution in [2.75, 3.05) is 0 Å². The zero-order chi connectivity index (χ0) is 13.1. The van der Waals surface area contributed by atoms with Gasteiger partial charge in [0.25, 0.3) is 5.91 Å². The van der Waals surface area contributed by atoms with Gasteiger partial charge >= 0.3 is 0 Å². The molecule has 1 N–H and O–H groups in total. The number of carbonyl (C=O) groups is 1. The molecule has 1 atom stereocenters. The summed E-state index contributed by atoms with van der Waals surface area (Å²) in [6.45, 7) is 3.94. The summed E-state index contributed by atoms with van der Waals surface area (Å²) in [5, 5.41) is 4.96. The van der Waals surface area contributed by atoms with Crippen LogP contribution in [0.25, 0.3) is 0 Å². The molecule has 1 amide bonds. The largest absolute Gasteiger partial charge is 0.345 e. The maximum Gasteiger partial charge on any atom is 0.262 e. The van der Waals surface area contributed by atoms with Crippen molar-refractivity contribution in [2.45, 2.75) is 19.9 Å². The van der Waals surface area contributed by atoms with Crippen LogP contribution in [0.1, 0.15) is 33.8 Å². The number of carbonyl (C=O) groups excluding carboxylic acids is 1. The Bertz CT molecular complexity index is 564. The summed E-state index contributed by atoms with van der Waals surface area (Å²) in [5.74, 6) is -0.00856. The van der Waals surface area contributed by atoms with Crippen LogP contribution in [-0.4, -0.2) is 5.91 Å². The van der Waals surface area contributed by atoms with Crippen molar-refractivity contribution >= 4 is 33.2 Å². The van der Waals surface area contributed by atoms with Gasteiger partial charge in [0.05, 0.1) is 10.9 Å². The van der Waals surface area contributed by atoms with Crippen LogP contribution in [0.15, 0.2) is 40.2 Å². The highest BCUT2D eigenvalue weighted by molar-refractivity contribution is 9.10. The zero-order valence-electron chi connectivity index (χ0n) is 10.2. The van der Waals surface area contributed by atoms with Gasteiger partial charge in [0, 0.05) is 4.47 Å². The summed E-state index contributed by atoms with van der Waals surface area (Å²) >= 11 is 4.98. The molecular weight excluding hydrogens is 310 g/mol. The third kappa shape index (κ3) is 2.82. The summed E-state index contributed by atoms with van der Waals surface area (Å²) in [4.78, 5) is 12.9.